The highest BCUT2D eigenvalue weighted by atomic mass is 31.2. The molecule has 0 spiro atoms. The molecule has 1 nitrogen and oxygen atoms in total. The van der Waals surface area contributed by atoms with Crippen LogP contribution < -0.4 is 5.30 Å². The monoisotopic (exact) mass is 280 g/mol. The van der Waals surface area contributed by atoms with Gasteiger partial charge in [-0.2, -0.15) is 0 Å². The molecule has 0 radical (unpaired) electrons. The number of fused-ring (bicyclic) bond motifs is 1. The largest absolute Gasteiger partial charge is 0.319 e. The van der Waals surface area contributed by atoms with Crippen LogP contribution in [0.1, 0.15) is 0 Å². The lowest BCUT2D eigenvalue weighted by molar-refractivity contribution is 0.588. The zero-order chi connectivity index (χ0) is 14.2. The third kappa shape index (κ3) is 2.55. The Hall–Kier alpha value is -1.85. The van der Waals surface area contributed by atoms with E-state index in [0.29, 0.717) is 0 Å². The van der Waals surface area contributed by atoms with E-state index >= 15 is 0 Å². The Labute approximate surface area is 119 Å². The molecule has 0 aromatic heterocycles. The van der Waals surface area contributed by atoms with Crippen LogP contribution in [0.5, 0.6) is 0 Å². The molecule has 0 heterocycles. The van der Waals surface area contributed by atoms with Crippen LogP contribution in [0.2, 0.25) is 0 Å². The van der Waals surface area contributed by atoms with Gasteiger partial charge in [0.1, 0.15) is 7.14 Å². The minimum atomic E-state index is -2.19. The van der Waals surface area contributed by atoms with Gasteiger partial charge in [-0.15, -0.1) is 0 Å². The number of hydrogen-bond donors (Lipinski definition) is 0. The summed E-state index contributed by atoms with van der Waals surface area (Å²) in [6.45, 7) is 3.62. The van der Waals surface area contributed by atoms with E-state index in [9.17, 15) is 4.57 Å². The van der Waals surface area contributed by atoms with Gasteiger partial charge in [-0.1, -0.05) is 54.6 Å². The van der Waals surface area contributed by atoms with Crippen molar-refractivity contribution in [2.24, 2.45) is 0 Å². The van der Waals surface area contributed by atoms with Gasteiger partial charge in [0.25, 0.3) is 0 Å². The number of rotatable bonds is 2. The summed E-state index contributed by atoms with van der Waals surface area (Å²) in [5.41, 5.74) is 2.43. The maximum atomic E-state index is 12.1. The Morgan fingerprint density at radius 1 is 0.700 bits per heavy atom. The maximum Gasteiger partial charge on any atom is 0.109 e. The van der Waals surface area contributed by atoms with Crippen LogP contribution in [0.25, 0.3) is 21.9 Å². The minimum absolute atomic E-state index is 0.942. The molecule has 3 aromatic carbocycles. The molecule has 0 amide bonds. The van der Waals surface area contributed by atoms with Crippen molar-refractivity contribution >= 4 is 23.2 Å². The van der Waals surface area contributed by atoms with E-state index in [1.807, 2.05) is 43.7 Å². The summed E-state index contributed by atoms with van der Waals surface area (Å²) in [5.74, 6) is 0. The van der Waals surface area contributed by atoms with Crippen LogP contribution in [-0.2, 0) is 4.57 Å². The summed E-state index contributed by atoms with van der Waals surface area (Å²) in [4.78, 5) is 0. The van der Waals surface area contributed by atoms with Crippen molar-refractivity contribution in [3.63, 3.8) is 0 Å². The zero-order valence-electron chi connectivity index (χ0n) is 11.7. The van der Waals surface area contributed by atoms with Crippen LogP contribution in [0, 0.1) is 0 Å². The summed E-state index contributed by atoms with van der Waals surface area (Å²) >= 11 is 0. The highest BCUT2D eigenvalue weighted by molar-refractivity contribution is 7.70. The van der Waals surface area contributed by atoms with Crippen molar-refractivity contribution in [1.29, 1.82) is 0 Å². The molecule has 3 aromatic rings. The number of benzene rings is 3. The quantitative estimate of drug-likeness (QED) is 0.619. The van der Waals surface area contributed by atoms with E-state index in [1.165, 1.54) is 16.5 Å². The number of hydrogen-bond acceptors (Lipinski definition) is 1. The third-order valence-corrected chi connectivity index (χ3v) is 5.07. The first-order chi connectivity index (χ1) is 9.54. The van der Waals surface area contributed by atoms with E-state index in [4.69, 9.17) is 0 Å². The second-order valence-corrected chi connectivity index (χ2v) is 8.68. The predicted octanol–water partition coefficient (Wildman–Crippen LogP) is 4.75. The average molecular weight is 280 g/mol. The molecule has 0 aliphatic rings. The summed E-state index contributed by atoms with van der Waals surface area (Å²) < 4.78 is 12.1. The lowest BCUT2D eigenvalue weighted by Gasteiger charge is -2.09. The Kier molecular flexibility index (Phi) is 3.23. The van der Waals surface area contributed by atoms with Crippen LogP contribution in [0.15, 0.2) is 66.7 Å². The first-order valence-electron chi connectivity index (χ1n) is 6.69. The van der Waals surface area contributed by atoms with Crippen LogP contribution in [-0.4, -0.2) is 13.3 Å². The van der Waals surface area contributed by atoms with Gasteiger partial charge < -0.3 is 4.57 Å². The summed E-state index contributed by atoms with van der Waals surface area (Å²) in [6.07, 6.45) is 0. The van der Waals surface area contributed by atoms with Crippen molar-refractivity contribution < 1.29 is 4.57 Å². The summed E-state index contributed by atoms with van der Waals surface area (Å²) in [5, 5.41) is 3.27. The van der Waals surface area contributed by atoms with Gasteiger partial charge in [0.15, 0.2) is 0 Å². The van der Waals surface area contributed by atoms with Crippen LogP contribution >= 0.6 is 7.14 Å². The van der Waals surface area contributed by atoms with Gasteiger partial charge in [0, 0.05) is 5.30 Å². The van der Waals surface area contributed by atoms with Crippen molar-refractivity contribution in [1.82, 2.24) is 0 Å². The van der Waals surface area contributed by atoms with Gasteiger partial charge in [-0.3, -0.25) is 0 Å². The fraction of sp³-hybridized carbons (Fsp3) is 0.111. The molecule has 0 bridgehead atoms. The topological polar surface area (TPSA) is 17.1 Å². The molecular weight excluding hydrogens is 263 g/mol. The Balaban J connectivity index is 2.12. The Morgan fingerprint density at radius 2 is 1.35 bits per heavy atom. The smallest absolute Gasteiger partial charge is 0.109 e. The Morgan fingerprint density at radius 3 is 2.05 bits per heavy atom. The van der Waals surface area contributed by atoms with Gasteiger partial charge in [0.2, 0.25) is 0 Å². The fourth-order valence-electron chi connectivity index (χ4n) is 2.38. The highest BCUT2D eigenvalue weighted by Gasteiger charge is 2.11. The van der Waals surface area contributed by atoms with Crippen LogP contribution in [0.3, 0.4) is 0 Å². The molecule has 0 saturated carbocycles. The molecule has 0 N–H and O–H groups in total. The molecule has 2 heteroatoms. The first-order valence-corrected chi connectivity index (χ1v) is 9.29. The third-order valence-electron chi connectivity index (χ3n) is 3.55. The SMILES string of the molecule is CP(C)(=O)c1ccc2cc(-c3ccccc3)ccc2c1. The second kappa shape index (κ2) is 4.92. The summed E-state index contributed by atoms with van der Waals surface area (Å²) in [7, 11) is -2.19. The zero-order valence-corrected chi connectivity index (χ0v) is 12.6. The van der Waals surface area contributed by atoms with Gasteiger partial charge in [0.05, 0.1) is 0 Å². The maximum absolute atomic E-state index is 12.1. The molecule has 0 unspecified atom stereocenters. The normalized spacial score (nSPS) is 11.7. The van der Waals surface area contributed by atoms with Crippen molar-refractivity contribution in [2.75, 3.05) is 13.3 Å². The van der Waals surface area contributed by atoms with E-state index in [2.05, 4.69) is 36.4 Å². The molecular formula is C18H17OP. The Bertz CT molecular complexity index is 800. The fourth-order valence-corrected chi connectivity index (χ4v) is 3.26. The van der Waals surface area contributed by atoms with Crippen molar-refractivity contribution in [3.8, 4) is 11.1 Å². The van der Waals surface area contributed by atoms with E-state index in [-0.39, 0.29) is 0 Å². The van der Waals surface area contributed by atoms with Crippen molar-refractivity contribution in [2.45, 2.75) is 0 Å². The van der Waals surface area contributed by atoms with Gasteiger partial charge in [-0.25, -0.2) is 0 Å². The van der Waals surface area contributed by atoms with E-state index in [0.717, 1.165) is 10.7 Å². The van der Waals surface area contributed by atoms with Gasteiger partial charge >= 0.3 is 0 Å². The minimum Gasteiger partial charge on any atom is -0.319 e. The molecule has 0 aliphatic heterocycles. The summed E-state index contributed by atoms with van der Waals surface area (Å²) in [6, 6.07) is 22.9. The highest BCUT2D eigenvalue weighted by Crippen LogP contribution is 2.35. The molecule has 100 valence electrons. The van der Waals surface area contributed by atoms with Crippen LogP contribution in [0.4, 0.5) is 0 Å². The molecule has 0 aliphatic carbocycles. The molecule has 3 rings (SSSR count). The standard InChI is InChI=1S/C18H17OP/c1-20(2,19)18-11-10-16-12-15(8-9-17(16)13-18)14-6-4-3-5-7-14/h3-13H,1-2H3. The molecule has 0 saturated heterocycles. The average Bonchev–Trinajstić information content (AvgIpc) is 2.46. The van der Waals surface area contributed by atoms with Gasteiger partial charge in [-0.05, 0) is 47.4 Å². The lowest BCUT2D eigenvalue weighted by atomic mass is 10.0. The predicted molar refractivity (Wildman–Crippen MR) is 88.5 cm³/mol. The molecule has 0 fully saturated rings. The van der Waals surface area contributed by atoms with E-state index < -0.39 is 7.14 Å². The second-order valence-electron chi connectivity index (χ2n) is 5.46. The first kappa shape index (κ1) is 13.1. The molecule has 0 atom stereocenters. The molecule has 20 heavy (non-hydrogen) atoms. The van der Waals surface area contributed by atoms with E-state index in [1.54, 1.807) is 0 Å². The lowest BCUT2D eigenvalue weighted by Crippen LogP contribution is -2.01. The van der Waals surface area contributed by atoms with Crippen molar-refractivity contribution in [3.05, 3.63) is 66.7 Å².